The van der Waals surface area contributed by atoms with Crippen molar-refractivity contribution in [2.45, 2.75) is 0 Å². The third kappa shape index (κ3) is 4.06. The molecule has 0 heterocycles. The highest BCUT2D eigenvalue weighted by Gasteiger charge is 2.06. The highest BCUT2D eigenvalue weighted by atomic mass is 79.9. The molecule has 2 aromatic rings. The monoisotopic (exact) mass is 323 g/mol. The predicted octanol–water partition coefficient (Wildman–Crippen LogP) is 3.61. The SMILES string of the molecule is O=C(COc1ccccc1)Nc1ccc(Br)c(F)c1. The second kappa shape index (κ2) is 6.33. The van der Waals surface area contributed by atoms with Crippen LogP contribution in [0.2, 0.25) is 0 Å². The Labute approximate surface area is 118 Å². The van der Waals surface area contributed by atoms with Crippen LogP contribution in [0.4, 0.5) is 10.1 Å². The molecule has 98 valence electrons. The van der Waals surface area contributed by atoms with Crippen molar-refractivity contribution in [1.82, 2.24) is 0 Å². The van der Waals surface area contributed by atoms with E-state index in [0.717, 1.165) is 0 Å². The van der Waals surface area contributed by atoms with Crippen molar-refractivity contribution in [3.8, 4) is 5.75 Å². The Bertz CT molecular complexity index is 575. The molecule has 5 heteroatoms. The quantitative estimate of drug-likeness (QED) is 0.933. The molecule has 2 aromatic carbocycles. The minimum atomic E-state index is -0.429. The van der Waals surface area contributed by atoms with Crippen molar-refractivity contribution in [3.05, 3.63) is 58.8 Å². The van der Waals surface area contributed by atoms with Gasteiger partial charge in [0.2, 0.25) is 0 Å². The maximum Gasteiger partial charge on any atom is 0.262 e. The lowest BCUT2D eigenvalue weighted by molar-refractivity contribution is -0.118. The fraction of sp³-hybridized carbons (Fsp3) is 0.0714. The molecule has 1 amide bonds. The molecule has 1 N–H and O–H groups in total. The van der Waals surface area contributed by atoms with Crippen LogP contribution in [0, 0.1) is 5.82 Å². The molecular weight excluding hydrogens is 313 g/mol. The number of nitrogens with one attached hydrogen (secondary N) is 1. The summed E-state index contributed by atoms with van der Waals surface area (Å²) in [6.45, 7) is -0.123. The van der Waals surface area contributed by atoms with E-state index in [2.05, 4.69) is 21.2 Å². The predicted molar refractivity (Wildman–Crippen MR) is 74.7 cm³/mol. The molecule has 0 aliphatic heterocycles. The van der Waals surface area contributed by atoms with Crippen LogP contribution >= 0.6 is 15.9 Å². The van der Waals surface area contributed by atoms with Gasteiger partial charge in [-0.25, -0.2) is 4.39 Å². The summed E-state index contributed by atoms with van der Waals surface area (Å²) < 4.78 is 18.9. The Hall–Kier alpha value is -1.88. The number of hydrogen-bond acceptors (Lipinski definition) is 2. The Morgan fingerprint density at radius 1 is 1.21 bits per heavy atom. The van der Waals surface area contributed by atoms with E-state index in [9.17, 15) is 9.18 Å². The molecule has 0 spiro atoms. The third-order valence-corrected chi connectivity index (χ3v) is 2.96. The van der Waals surface area contributed by atoms with E-state index in [1.807, 2.05) is 18.2 Å². The van der Waals surface area contributed by atoms with Crippen LogP contribution in [0.15, 0.2) is 53.0 Å². The van der Waals surface area contributed by atoms with Crippen molar-refractivity contribution in [3.63, 3.8) is 0 Å². The largest absolute Gasteiger partial charge is 0.484 e. The molecule has 0 aliphatic carbocycles. The van der Waals surface area contributed by atoms with Crippen LogP contribution in [0.5, 0.6) is 5.75 Å². The highest BCUT2D eigenvalue weighted by Crippen LogP contribution is 2.19. The Morgan fingerprint density at radius 2 is 1.95 bits per heavy atom. The van der Waals surface area contributed by atoms with E-state index in [1.54, 1.807) is 18.2 Å². The maximum absolute atomic E-state index is 13.3. The van der Waals surface area contributed by atoms with Crippen molar-refractivity contribution in [1.29, 1.82) is 0 Å². The summed E-state index contributed by atoms with van der Waals surface area (Å²) in [5, 5.41) is 2.56. The number of benzene rings is 2. The molecule has 0 saturated heterocycles. The summed E-state index contributed by atoms with van der Waals surface area (Å²) >= 11 is 3.04. The van der Waals surface area contributed by atoms with Crippen molar-refractivity contribution in [2.75, 3.05) is 11.9 Å². The van der Waals surface area contributed by atoms with E-state index in [-0.39, 0.29) is 12.5 Å². The van der Waals surface area contributed by atoms with E-state index in [0.29, 0.717) is 15.9 Å². The third-order valence-electron chi connectivity index (χ3n) is 2.32. The summed E-state index contributed by atoms with van der Waals surface area (Å²) in [5.41, 5.74) is 0.391. The highest BCUT2D eigenvalue weighted by molar-refractivity contribution is 9.10. The van der Waals surface area contributed by atoms with Crippen molar-refractivity contribution >= 4 is 27.5 Å². The standard InChI is InChI=1S/C14H11BrFNO2/c15-12-7-6-10(8-13(12)16)17-14(18)9-19-11-4-2-1-3-5-11/h1-8H,9H2,(H,17,18). The number of rotatable bonds is 4. The number of hydrogen-bond donors (Lipinski definition) is 1. The summed E-state index contributed by atoms with van der Waals surface area (Å²) in [4.78, 5) is 11.6. The molecule has 0 aromatic heterocycles. The fourth-order valence-electron chi connectivity index (χ4n) is 1.44. The van der Waals surface area contributed by atoms with Gasteiger partial charge in [-0.2, -0.15) is 0 Å². The summed E-state index contributed by atoms with van der Waals surface area (Å²) in [6.07, 6.45) is 0. The first-order valence-corrected chi connectivity index (χ1v) is 6.37. The summed E-state index contributed by atoms with van der Waals surface area (Å²) in [5.74, 6) is -0.160. The Kier molecular flexibility index (Phi) is 4.52. The average Bonchev–Trinajstić information content (AvgIpc) is 2.42. The van der Waals surface area contributed by atoms with Gasteiger partial charge in [-0.1, -0.05) is 18.2 Å². The van der Waals surface area contributed by atoms with Crippen LogP contribution in [0.1, 0.15) is 0 Å². The van der Waals surface area contributed by atoms with E-state index >= 15 is 0 Å². The van der Waals surface area contributed by atoms with Crippen LogP contribution in [-0.4, -0.2) is 12.5 Å². The van der Waals surface area contributed by atoms with Crippen LogP contribution in [0.3, 0.4) is 0 Å². The van der Waals surface area contributed by atoms with Gasteiger partial charge in [0, 0.05) is 5.69 Å². The zero-order chi connectivity index (χ0) is 13.7. The van der Waals surface area contributed by atoms with Gasteiger partial charge in [-0.05, 0) is 46.3 Å². The smallest absolute Gasteiger partial charge is 0.262 e. The van der Waals surface area contributed by atoms with Gasteiger partial charge in [-0.3, -0.25) is 4.79 Å². The zero-order valence-electron chi connectivity index (χ0n) is 9.90. The van der Waals surface area contributed by atoms with Gasteiger partial charge < -0.3 is 10.1 Å². The minimum absolute atomic E-state index is 0.123. The lowest BCUT2D eigenvalue weighted by Crippen LogP contribution is -2.20. The van der Waals surface area contributed by atoms with Crippen molar-refractivity contribution in [2.24, 2.45) is 0 Å². The van der Waals surface area contributed by atoms with Gasteiger partial charge in [-0.15, -0.1) is 0 Å². The average molecular weight is 324 g/mol. The second-order valence-electron chi connectivity index (χ2n) is 3.78. The van der Waals surface area contributed by atoms with Crippen molar-refractivity contribution < 1.29 is 13.9 Å². The molecule has 0 atom stereocenters. The van der Waals surface area contributed by atoms with Gasteiger partial charge in [0.15, 0.2) is 6.61 Å². The number of ether oxygens (including phenoxy) is 1. The maximum atomic E-state index is 13.3. The summed E-state index contributed by atoms with van der Waals surface area (Å²) in [7, 11) is 0. The molecule has 3 nitrogen and oxygen atoms in total. The number of amides is 1. The fourth-order valence-corrected chi connectivity index (χ4v) is 1.68. The molecule has 2 rings (SSSR count). The van der Waals surface area contributed by atoms with E-state index < -0.39 is 5.82 Å². The van der Waals surface area contributed by atoms with Gasteiger partial charge >= 0.3 is 0 Å². The number of carbonyl (C=O) groups is 1. The van der Waals surface area contributed by atoms with Gasteiger partial charge in [0.25, 0.3) is 5.91 Å². The van der Waals surface area contributed by atoms with E-state index in [1.165, 1.54) is 12.1 Å². The molecule has 0 aliphatic rings. The van der Waals surface area contributed by atoms with Gasteiger partial charge in [0.05, 0.1) is 4.47 Å². The Morgan fingerprint density at radius 3 is 2.63 bits per heavy atom. The topological polar surface area (TPSA) is 38.3 Å². The number of para-hydroxylation sites is 1. The van der Waals surface area contributed by atoms with Gasteiger partial charge in [0.1, 0.15) is 11.6 Å². The molecule has 0 fully saturated rings. The summed E-state index contributed by atoms with van der Waals surface area (Å²) in [6, 6.07) is 13.4. The molecule has 19 heavy (non-hydrogen) atoms. The first-order valence-electron chi connectivity index (χ1n) is 5.58. The van der Waals surface area contributed by atoms with Crippen LogP contribution < -0.4 is 10.1 Å². The molecule has 0 saturated carbocycles. The van der Waals surface area contributed by atoms with Crippen LogP contribution in [-0.2, 0) is 4.79 Å². The minimum Gasteiger partial charge on any atom is -0.484 e. The van der Waals surface area contributed by atoms with E-state index in [4.69, 9.17) is 4.74 Å². The first-order chi connectivity index (χ1) is 9.15. The number of anilines is 1. The molecule has 0 bridgehead atoms. The van der Waals surface area contributed by atoms with Crippen LogP contribution in [0.25, 0.3) is 0 Å². The number of carbonyl (C=O) groups excluding carboxylic acids is 1. The molecule has 0 radical (unpaired) electrons. The molecular formula is C14H11BrFNO2. The lowest BCUT2D eigenvalue weighted by atomic mass is 10.3. The molecule has 0 unspecified atom stereocenters. The lowest BCUT2D eigenvalue weighted by Gasteiger charge is -2.07. The first kappa shape index (κ1) is 13.5. The Balaban J connectivity index is 1.89. The zero-order valence-corrected chi connectivity index (χ0v) is 11.5. The second-order valence-corrected chi connectivity index (χ2v) is 4.63. The normalized spacial score (nSPS) is 10.0. The number of halogens is 2.